The van der Waals surface area contributed by atoms with Gasteiger partial charge in [-0.05, 0) is 18.4 Å². The molecule has 0 spiro atoms. The number of fused-ring (bicyclic) bond motifs is 1. The highest BCUT2D eigenvalue weighted by Crippen LogP contribution is 2.34. The number of carbonyl (C=O) groups excluding carboxylic acids is 2. The van der Waals surface area contributed by atoms with Gasteiger partial charge in [0.2, 0.25) is 5.91 Å². The van der Waals surface area contributed by atoms with E-state index in [0.717, 1.165) is 22.2 Å². The maximum atomic E-state index is 12.8. The van der Waals surface area contributed by atoms with Crippen molar-refractivity contribution in [1.29, 1.82) is 0 Å². The number of thioether (sulfide) groups is 1. The normalized spacial score (nSPS) is 12.2. The van der Waals surface area contributed by atoms with Gasteiger partial charge in [0.25, 0.3) is 5.56 Å². The van der Waals surface area contributed by atoms with Crippen LogP contribution < -0.4 is 16.6 Å². The first-order valence-corrected chi connectivity index (χ1v) is 9.81. The van der Waals surface area contributed by atoms with Crippen LogP contribution in [-0.2, 0) is 11.8 Å². The summed E-state index contributed by atoms with van der Waals surface area (Å²) in [5, 5.41) is 6.26. The maximum Gasteiger partial charge on any atom is 0.318 e. The Morgan fingerprint density at radius 3 is 2.80 bits per heavy atom. The van der Waals surface area contributed by atoms with Crippen LogP contribution in [0.15, 0.2) is 32.8 Å². The predicted molar refractivity (Wildman–Crippen MR) is 101 cm³/mol. The number of imide groups is 1. The SMILES string of the molecule is CC(Sc1nc2scc(-c3cccs3)c2c(=O)n1C)C(=O)NC(N)=O. The third-order valence-corrected chi connectivity index (χ3v) is 6.38. The topological polar surface area (TPSA) is 107 Å². The molecule has 3 aromatic heterocycles. The summed E-state index contributed by atoms with van der Waals surface area (Å²) < 4.78 is 1.42. The Morgan fingerprint density at radius 1 is 1.40 bits per heavy atom. The number of nitrogens with two attached hydrogens (primary N) is 1. The van der Waals surface area contributed by atoms with Crippen molar-refractivity contribution in [2.75, 3.05) is 0 Å². The first kappa shape index (κ1) is 17.6. The molecular formula is C15H14N4O3S3. The lowest BCUT2D eigenvalue weighted by Crippen LogP contribution is -2.39. The molecule has 0 saturated carbocycles. The lowest BCUT2D eigenvalue weighted by Gasteiger charge is -2.12. The largest absolute Gasteiger partial charge is 0.351 e. The van der Waals surface area contributed by atoms with Crippen molar-refractivity contribution in [3.8, 4) is 10.4 Å². The molecule has 3 amide bonds. The zero-order valence-corrected chi connectivity index (χ0v) is 15.8. The number of hydrogen-bond donors (Lipinski definition) is 2. The molecule has 0 radical (unpaired) electrons. The quantitative estimate of drug-likeness (QED) is 0.522. The van der Waals surface area contributed by atoms with Gasteiger partial charge in [-0.15, -0.1) is 22.7 Å². The Balaban J connectivity index is 1.99. The Hall–Kier alpha value is -2.17. The number of carbonyl (C=O) groups is 2. The summed E-state index contributed by atoms with van der Waals surface area (Å²) >= 11 is 4.05. The summed E-state index contributed by atoms with van der Waals surface area (Å²) in [6.45, 7) is 1.62. The molecule has 10 heteroatoms. The Kier molecular flexibility index (Phi) is 4.93. The van der Waals surface area contributed by atoms with Gasteiger partial charge in [0, 0.05) is 22.9 Å². The summed E-state index contributed by atoms with van der Waals surface area (Å²) in [4.78, 5) is 41.6. The molecule has 0 aliphatic carbocycles. The molecule has 1 atom stereocenters. The molecule has 0 fully saturated rings. The molecule has 0 bridgehead atoms. The van der Waals surface area contributed by atoms with Gasteiger partial charge in [-0.2, -0.15) is 0 Å². The average molecular weight is 395 g/mol. The molecule has 25 heavy (non-hydrogen) atoms. The molecule has 130 valence electrons. The van der Waals surface area contributed by atoms with E-state index in [1.54, 1.807) is 25.3 Å². The highest BCUT2D eigenvalue weighted by Gasteiger charge is 2.21. The van der Waals surface area contributed by atoms with E-state index in [1.807, 2.05) is 28.2 Å². The van der Waals surface area contributed by atoms with Crippen LogP contribution in [0.5, 0.6) is 0 Å². The second-order valence-corrected chi connectivity index (χ2v) is 8.29. The second kappa shape index (κ2) is 6.98. The summed E-state index contributed by atoms with van der Waals surface area (Å²) in [6, 6.07) is 2.99. The van der Waals surface area contributed by atoms with Crippen molar-refractivity contribution in [3.63, 3.8) is 0 Å². The number of thiophene rings is 2. The van der Waals surface area contributed by atoms with Crippen LogP contribution in [0.3, 0.4) is 0 Å². The highest BCUT2D eigenvalue weighted by atomic mass is 32.2. The van der Waals surface area contributed by atoms with Crippen LogP contribution in [0.25, 0.3) is 20.7 Å². The fourth-order valence-corrected chi connectivity index (χ4v) is 4.88. The van der Waals surface area contributed by atoms with Crippen molar-refractivity contribution in [3.05, 3.63) is 33.2 Å². The molecule has 3 N–H and O–H groups in total. The van der Waals surface area contributed by atoms with Crippen LogP contribution in [0, 0.1) is 0 Å². The van der Waals surface area contributed by atoms with E-state index in [-0.39, 0.29) is 5.56 Å². The molecule has 3 heterocycles. The summed E-state index contributed by atoms with van der Waals surface area (Å²) in [5.74, 6) is -0.530. The Morgan fingerprint density at radius 2 is 2.16 bits per heavy atom. The maximum absolute atomic E-state index is 12.8. The van der Waals surface area contributed by atoms with Gasteiger partial charge in [-0.25, -0.2) is 9.78 Å². The summed E-state index contributed by atoms with van der Waals surface area (Å²) in [6.07, 6.45) is 0. The van der Waals surface area contributed by atoms with Crippen molar-refractivity contribution in [1.82, 2.24) is 14.9 Å². The average Bonchev–Trinajstić information content (AvgIpc) is 3.20. The van der Waals surface area contributed by atoms with E-state index >= 15 is 0 Å². The minimum atomic E-state index is -0.909. The standard InChI is InChI=1S/C15H14N4O3S3/c1-7(11(20)17-14(16)22)25-15-18-12-10(13(21)19(15)2)8(6-24-12)9-4-3-5-23-9/h3-7H,1-2H3,(H3,16,17,20,22). The molecule has 1 unspecified atom stereocenters. The first-order valence-electron chi connectivity index (χ1n) is 7.17. The molecule has 7 nitrogen and oxygen atoms in total. The van der Waals surface area contributed by atoms with Crippen molar-refractivity contribution >= 4 is 56.6 Å². The van der Waals surface area contributed by atoms with Crippen molar-refractivity contribution in [2.45, 2.75) is 17.3 Å². The molecule has 0 aliphatic rings. The number of urea groups is 1. The van der Waals surface area contributed by atoms with Crippen LogP contribution >= 0.6 is 34.4 Å². The van der Waals surface area contributed by atoms with Crippen molar-refractivity contribution in [2.24, 2.45) is 12.8 Å². The van der Waals surface area contributed by atoms with E-state index in [9.17, 15) is 14.4 Å². The third-order valence-electron chi connectivity index (χ3n) is 3.46. The lowest BCUT2D eigenvalue weighted by atomic mass is 10.2. The number of amides is 3. The van der Waals surface area contributed by atoms with Crippen LogP contribution in [0.1, 0.15) is 6.92 Å². The van der Waals surface area contributed by atoms with Gasteiger partial charge < -0.3 is 5.73 Å². The predicted octanol–water partition coefficient (Wildman–Crippen LogP) is 2.40. The molecular weight excluding hydrogens is 380 g/mol. The number of primary amides is 1. The van der Waals surface area contributed by atoms with E-state index in [0.29, 0.717) is 15.4 Å². The minimum Gasteiger partial charge on any atom is -0.351 e. The van der Waals surface area contributed by atoms with Crippen LogP contribution in [0.2, 0.25) is 0 Å². The Labute approximate surface area is 154 Å². The molecule has 3 aromatic rings. The molecule has 0 aliphatic heterocycles. The number of nitrogens with one attached hydrogen (secondary N) is 1. The zero-order valence-electron chi connectivity index (χ0n) is 13.3. The summed E-state index contributed by atoms with van der Waals surface area (Å²) in [7, 11) is 1.62. The molecule has 3 rings (SSSR count). The fraction of sp³-hybridized carbons (Fsp3) is 0.200. The highest BCUT2D eigenvalue weighted by molar-refractivity contribution is 8.00. The Bertz CT molecular complexity index is 1010. The molecule has 0 saturated heterocycles. The van der Waals surface area contributed by atoms with Gasteiger partial charge in [-0.3, -0.25) is 19.5 Å². The first-order chi connectivity index (χ1) is 11.9. The monoisotopic (exact) mass is 394 g/mol. The van der Waals surface area contributed by atoms with Gasteiger partial charge in [0.05, 0.1) is 10.6 Å². The van der Waals surface area contributed by atoms with Crippen LogP contribution in [-0.4, -0.2) is 26.7 Å². The van der Waals surface area contributed by atoms with E-state index in [4.69, 9.17) is 5.73 Å². The van der Waals surface area contributed by atoms with Gasteiger partial charge >= 0.3 is 6.03 Å². The minimum absolute atomic E-state index is 0.167. The third kappa shape index (κ3) is 3.46. The van der Waals surface area contributed by atoms with Gasteiger partial charge in [0.1, 0.15) is 4.83 Å². The number of rotatable bonds is 4. The molecule has 0 aromatic carbocycles. The number of nitrogens with zero attached hydrogens (tertiary/aromatic N) is 2. The summed E-state index contributed by atoms with van der Waals surface area (Å²) in [5.41, 5.74) is 5.66. The smallest absolute Gasteiger partial charge is 0.318 e. The van der Waals surface area contributed by atoms with Gasteiger partial charge in [-0.1, -0.05) is 17.8 Å². The lowest BCUT2D eigenvalue weighted by molar-refractivity contribution is -0.119. The van der Waals surface area contributed by atoms with E-state index in [1.165, 1.54) is 15.9 Å². The van der Waals surface area contributed by atoms with Crippen LogP contribution in [0.4, 0.5) is 4.79 Å². The van der Waals surface area contributed by atoms with Gasteiger partial charge in [0.15, 0.2) is 5.16 Å². The second-order valence-electron chi connectivity index (χ2n) is 5.18. The zero-order chi connectivity index (χ0) is 18.1. The number of hydrogen-bond acceptors (Lipinski definition) is 7. The van der Waals surface area contributed by atoms with Crippen molar-refractivity contribution < 1.29 is 9.59 Å². The number of aromatic nitrogens is 2. The fourth-order valence-electron chi connectivity index (χ4n) is 2.21. The van der Waals surface area contributed by atoms with E-state index in [2.05, 4.69) is 4.98 Å². The van der Waals surface area contributed by atoms with E-state index < -0.39 is 17.2 Å².